The van der Waals surface area contributed by atoms with Crippen molar-refractivity contribution in [1.29, 1.82) is 0 Å². The third kappa shape index (κ3) is 5.45. The zero-order valence-corrected chi connectivity index (χ0v) is 14.7. The molecule has 0 bridgehead atoms. The first kappa shape index (κ1) is 18.7. The fourth-order valence-electron chi connectivity index (χ4n) is 2.67. The Bertz CT molecular complexity index is 661. The first-order valence-electron chi connectivity index (χ1n) is 8.55. The number of nitrogens with one attached hydrogen (secondary N) is 1. The number of esters is 1. The van der Waals surface area contributed by atoms with Crippen molar-refractivity contribution in [1.82, 2.24) is 4.90 Å². The number of nitrogens with zero attached hydrogens (tertiary/aromatic N) is 1. The number of piperidine rings is 1. The molecule has 6 heteroatoms. The molecule has 0 saturated carbocycles. The summed E-state index contributed by atoms with van der Waals surface area (Å²) >= 11 is 0. The van der Waals surface area contributed by atoms with Crippen LogP contribution in [0, 0.1) is 5.92 Å². The molecule has 0 unspecified atom stereocenters. The second-order valence-electron chi connectivity index (χ2n) is 6.09. The summed E-state index contributed by atoms with van der Waals surface area (Å²) in [5.41, 5.74) is 0.888. The summed E-state index contributed by atoms with van der Waals surface area (Å²) in [6, 6.07) is 6.89. The van der Waals surface area contributed by atoms with E-state index in [4.69, 9.17) is 4.74 Å². The summed E-state index contributed by atoms with van der Waals surface area (Å²) in [7, 11) is 0. The van der Waals surface area contributed by atoms with Crippen LogP contribution in [0.2, 0.25) is 0 Å². The molecule has 1 aromatic carbocycles. The first-order chi connectivity index (χ1) is 12.0. The van der Waals surface area contributed by atoms with Crippen molar-refractivity contribution in [2.75, 3.05) is 25.0 Å². The molecule has 134 valence electrons. The number of likely N-dealkylation sites (tertiary alicyclic amines) is 1. The van der Waals surface area contributed by atoms with Gasteiger partial charge in [0.05, 0.1) is 17.9 Å². The smallest absolute Gasteiger partial charge is 0.330 e. The minimum atomic E-state index is -0.579. The van der Waals surface area contributed by atoms with Crippen molar-refractivity contribution >= 4 is 23.5 Å². The third-order valence-corrected chi connectivity index (χ3v) is 4.14. The molecule has 25 heavy (non-hydrogen) atoms. The average molecular weight is 344 g/mol. The minimum Gasteiger partial charge on any atom is -0.463 e. The van der Waals surface area contributed by atoms with Crippen molar-refractivity contribution in [3.8, 4) is 0 Å². The fraction of sp³-hybridized carbons (Fsp3) is 0.421. The number of ether oxygens (including phenoxy) is 1. The number of benzene rings is 1. The summed E-state index contributed by atoms with van der Waals surface area (Å²) < 4.78 is 4.73. The molecule has 1 aliphatic rings. The maximum atomic E-state index is 12.7. The highest BCUT2D eigenvalue weighted by molar-refractivity contribution is 6.07. The van der Waals surface area contributed by atoms with Crippen LogP contribution in [0.5, 0.6) is 0 Å². The maximum absolute atomic E-state index is 12.7. The molecule has 1 aromatic rings. The standard InChI is InChI=1S/C19H24N2O4/c1-3-25-18(23)9-8-17(22)20-16-7-5-4-6-15(16)19(24)21-12-10-14(2)11-13-21/h4-9,14H,3,10-13H2,1-2H3,(H,20,22). The van der Waals surface area contributed by atoms with Gasteiger partial charge in [0.15, 0.2) is 0 Å². The monoisotopic (exact) mass is 344 g/mol. The Morgan fingerprint density at radius 1 is 1.20 bits per heavy atom. The fourth-order valence-corrected chi connectivity index (χ4v) is 2.67. The number of amides is 2. The molecule has 1 saturated heterocycles. The number of carbonyl (C=O) groups excluding carboxylic acids is 3. The number of para-hydroxylation sites is 1. The Morgan fingerprint density at radius 2 is 1.88 bits per heavy atom. The summed E-state index contributed by atoms with van der Waals surface area (Å²) in [6.07, 6.45) is 4.14. The summed E-state index contributed by atoms with van der Waals surface area (Å²) in [4.78, 5) is 37.8. The topological polar surface area (TPSA) is 75.7 Å². The van der Waals surface area contributed by atoms with Crippen LogP contribution in [0.1, 0.15) is 37.0 Å². The van der Waals surface area contributed by atoms with Gasteiger partial charge in [0, 0.05) is 25.2 Å². The molecule has 2 amide bonds. The van der Waals surface area contributed by atoms with Gasteiger partial charge >= 0.3 is 5.97 Å². The zero-order chi connectivity index (χ0) is 18.2. The maximum Gasteiger partial charge on any atom is 0.330 e. The lowest BCUT2D eigenvalue weighted by molar-refractivity contribution is -0.137. The summed E-state index contributed by atoms with van der Waals surface area (Å²) in [6.45, 7) is 5.58. The van der Waals surface area contributed by atoms with Crippen molar-refractivity contribution in [3.05, 3.63) is 42.0 Å². The van der Waals surface area contributed by atoms with E-state index >= 15 is 0 Å². The lowest BCUT2D eigenvalue weighted by Gasteiger charge is -2.30. The van der Waals surface area contributed by atoms with E-state index in [1.54, 1.807) is 31.2 Å². The van der Waals surface area contributed by atoms with E-state index in [0.717, 1.165) is 38.1 Å². The Labute approximate surface area is 147 Å². The lowest BCUT2D eigenvalue weighted by Crippen LogP contribution is -2.38. The molecule has 0 atom stereocenters. The van der Waals surface area contributed by atoms with Crippen molar-refractivity contribution < 1.29 is 19.1 Å². The molecule has 0 aromatic heterocycles. The predicted octanol–water partition coefficient (Wildman–Crippen LogP) is 2.62. The van der Waals surface area contributed by atoms with Crippen LogP contribution in [-0.2, 0) is 14.3 Å². The predicted molar refractivity (Wildman–Crippen MR) is 95.1 cm³/mol. The van der Waals surface area contributed by atoms with Gasteiger partial charge in [-0.2, -0.15) is 0 Å². The molecule has 1 fully saturated rings. The molecule has 1 heterocycles. The van der Waals surface area contributed by atoms with Gasteiger partial charge in [-0.05, 0) is 37.8 Å². The number of rotatable bonds is 5. The van der Waals surface area contributed by atoms with E-state index in [9.17, 15) is 14.4 Å². The van der Waals surface area contributed by atoms with E-state index < -0.39 is 11.9 Å². The van der Waals surface area contributed by atoms with Crippen molar-refractivity contribution in [3.63, 3.8) is 0 Å². The average Bonchev–Trinajstić information content (AvgIpc) is 2.61. The highest BCUT2D eigenvalue weighted by Crippen LogP contribution is 2.22. The quantitative estimate of drug-likeness (QED) is 0.658. The molecule has 0 aliphatic carbocycles. The molecule has 1 aliphatic heterocycles. The van der Waals surface area contributed by atoms with Gasteiger partial charge in [-0.25, -0.2) is 4.79 Å². The van der Waals surface area contributed by atoms with Gasteiger partial charge in [0.1, 0.15) is 0 Å². The second-order valence-corrected chi connectivity index (χ2v) is 6.09. The van der Waals surface area contributed by atoms with E-state index in [0.29, 0.717) is 17.2 Å². The number of anilines is 1. The minimum absolute atomic E-state index is 0.0860. The van der Waals surface area contributed by atoms with Gasteiger partial charge in [0.25, 0.3) is 5.91 Å². The zero-order valence-electron chi connectivity index (χ0n) is 14.7. The third-order valence-electron chi connectivity index (χ3n) is 4.14. The van der Waals surface area contributed by atoms with E-state index in [1.807, 2.05) is 4.90 Å². The lowest BCUT2D eigenvalue weighted by atomic mass is 9.98. The molecule has 0 spiro atoms. The number of carbonyl (C=O) groups is 3. The normalized spacial score (nSPS) is 15.2. The van der Waals surface area contributed by atoms with Crippen molar-refractivity contribution in [2.45, 2.75) is 26.7 Å². The van der Waals surface area contributed by atoms with Crippen molar-refractivity contribution in [2.24, 2.45) is 5.92 Å². The van der Waals surface area contributed by atoms with Gasteiger partial charge in [-0.1, -0.05) is 19.1 Å². The van der Waals surface area contributed by atoms with Gasteiger partial charge in [0.2, 0.25) is 5.91 Å². The highest BCUT2D eigenvalue weighted by Gasteiger charge is 2.23. The van der Waals surface area contributed by atoms with Crippen LogP contribution < -0.4 is 5.32 Å². The van der Waals surface area contributed by atoms with E-state index in [-0.39, 0.29) is 12.5 Å². The van der Waals surface area contributed by atoms with Crippen LogP contribution in [0.3, 0.4) is 0 Å². The summed E-state index contributed by atoms with van der Waals surface area (Å²) in [5.74, 6) is -0.519. The van der Waals surface area contributed by atoms with Gasteiger partial charge < -0.3 is 15.0 Å². The van der Waals surface area contributed by atoms with Crippen LogP contribution in [-0.4, -0.2) is 42.4 Å². The summed E-state index contributed by atoms with van der Waals surface area (Å²) in [5, 5.41) is 2.66. The number of hydrogen-bond acceptors (Lipinski definition) is 4. The molecule has 1 N–H and O–H groups in total. The van der Waals surface area contributed by atoms with Crippen LogP contribution in [0.4, 0.5) is 5.69 Å². The van der Waals surface area contributed by atoms with Gasteiger partial charge in [-0.15, -0.1) is 0 Å². The first-order valence-corrected chi connectivity index (χ1v) is 8.55. The van der Waals surface area contributed by atoms with E-state index in [1.165, 1.54) is 0 Å². The molecule has 2 rings (SSSR count). The largest absolute Gasteiger partial charge is 0.463 e. The Balaban J connectivity index is 2.06. The molecule has 6 nitrogen and oxygen atoms in total. The van der Waals surface area contributed by atoms with Gasteiger partial charge in [-0.3, -0.25) is 9.59 Å². The molecular weight excluding hydrogens is 320 g/mol. The SMILES string of the molecule is CCOC(=O)C=CC(=O)Nc1ccccc1C(=O)N1CCC(C)CC1. The molecular formula is C19H24N2O4. The van der Waals surface area contributed by atoms with Crippen LogP contribution in [0.15, 0.2) is 36.4 Å². The Kier molecular flexibility index (Phi) is 6.74. The number of hydrogen-bond donors (Lipinski definition) is 1. The Morgan fingerprint density at radius 3 is 2.56 bits per heavy atom. The Hall–Kier alpha value is -2.63. The highest BCUT2D eigenvalue weighted by atomic mass is 16.5. The van der Waals surface area contributed by atoms with E-state index in [2.05, 4.69) is 12.2 Å². The van der Waals surface area contributed by atoms with Crippen LogP contribution >= 0.6 is 0 Å². The van der Waals surface area contributed by atoms with Crippen LogP contribution in [0.25, 0.3) is 0 Å². The molecule has 0 radical (unpaired) electrons. The second kappa shape index (κ2) is 9.01.